The van der Waals surface area contributed by atoms with E-state index in [0.29, 0.717) is 16.4 Å². The van der Waals surface area contributed by atoms with E-state index in [4.69, 9.17) is 0 Å². The second-order valence-corrected chi connectivity index (χ2v) is 6.52. The zero-order chi connectivity index (χ0) is 11.7. The van der Waals surface area contributed by atoms with Crippen molar-refractivity contribution in [3.63, 3.8) is 0 Å². The lowest BCUT2D eigenvalue weighted by atomic mass is 10.00. The third-order valence-electron chi connectivity index (χ3n) is 2.93. The molecule has 0 aliphatic carbocycles. The molecule has 1 fully saturated rings. The molecule has 16 heavy (non-hydrogen) atoms. The van der Waals surface area contributed by atoms with Crippen LogP contribution in [0.4, 0.5) is 0 Å². The number of nitrogens with zero attached hydrogens (tertiary/aromatic N) is 2. The highest BCUT2D eigenvalue weighted by Gasteiger charge is 2.28. The Labute approximate surface area is 108 Å². The van der Waals surface area contributed by atoms with E-state index in [0.717, 1.165) is 24.5 Å². The fourth-order valence-electron chi connectivity index (χ4n) is 1.93. The quantitative estimate of drug-likeness (QED) is 0.747. The first kappa shape index (κ1) is 12.0. The van der Waals surface area contributed by atoms with Gasteiger partial charge in [-0.15, -0.1) is 11.3 Å². The van der Waals surface area contributed by atoms with Crippen LogP contribution in [0.5, 0.6) is 0 Å². The van der Waals surface area contributed by atoms with E-state index in [1.54, 1.807) is 0 Å². The molecule has 0 saturated carbocycles. The lowest BCUT2D eigenvalue weighted by Crippen LogP contribution is -2.43. The van der Waals surface area contributed by atoms with Crippen molar-refractivity contribution in [3.8, 4) is 0 Å². The first-order chi connectivity index (χ1) is 7.58. The molecule has 2 rings (SSSR count). The summed E-state index contributed by atoms with van der Waals surface area (Å²) in [5.41, 5.74) is 0.600. The van der Waals surface area contributed by atoms with E-state index in [9.17, 15) is 4.79 Å². The number of hydrogen-bond donors (Lipinski definition) is 0. The van der Waals surface area contributed by atoms with Crippen LogP contribution in [0.15, 0.2) is 5.38 Å². The summed E-state index contributed by atoms with van der Waals surface area (Å²) >= 11 is 5.17. The average molecular weight is 303 g/mol. The number of rotatable bonds is 1. The molecule has 1 aliphatic heterocycles. The zero-order valence-electron chi connectivity index (χ0n) is 9.44. The minimum atomic E-state index is 0.0793. The monoisotopic (exact) mass is 302 g/mol. The number of aryl methyl sites for hydroxylation is 1. The van der Waals surface area contributed by atoms with Gasteiger partial charge in [-0.05, 0) is 19.3 Å². The predicted molar refractivity (Wildman–Crippen MR) is 69.3 cm³/mol. The normalized spacial score (nSPS) is 25.8. The summed E-state index contributed by atoms with van der Waals surface area (Å²) in [5, 5.41) is 2.80. The van der Waals surface area contributed by atoms with Gasteiger partial charge >= 0.3 is 0 Å². The first-order valence-electron chi connectivity index (χ1n) is 5.43. The van der Waals surface area contributed by atoms with Gasteiger partial charge in [-0.1, -0.05) is 22.9 Å². The molecule has 1 aromatic heterocycles. The molecule has 0 aromatic carbocycles. The van der Waals surface area contributed by atoms with Crippen LogP contribution in [0.2, 0.25) is 0 Å². The molecule has 2 unspecified atom stereocenters. The molecule has 3 nitrogen and oxygen atoms in total. The molecule has 88 valence electrons. The number of halogens is 1. The van der Waals surface area contributed by atoms with E-state index in [2.05, 4.69) is 27.8 Å². The number of thiazole rings is 1. The Bertz CT molecular complexity index is 393. The Morgan fingerprint density at radius 1 is 1.69 bits per heavy atom. The van der Waals surface area contributed by atoms with Crippen LogP contribution in [0, 0.1) is 12.8 Å². The molecule has 2 atom stereocenters. The molecule has 0 N–H and O–H groups in total. The third kappa shape index (κ3) is 2.46. The summed E-state index contributed by atoms with van der Waals surface area (Å²) in [6.45, 7) is 5.75. The molecule has 5 heteroatoms. The van der Waals surface area contributed by atoms with Gasteiger partial charge in [-0.25, -0.2) is 4.98 Å². The van der Waals surface area contributed by atoms with Gasteiger partial charge in [-0.2, -0.15) is 0 Å². The SMILES string of the molecule is Cc1nc(C(=O)N2CCC(Br)C(C)C2)cs1. The minimum absolute atomic E-state index is 0.0793. The number of aromatic nitrogens is 1. The lowest BCUT2D eigenvalue weighted by molar-refractivity contribution is 0.0685. The highest BCUT2D eigenvalue weighted by Crippen LogP contribution is 2.24. The largest absolute Gasteiger partial charge is 0.337 e. The van der Waals surface area contributed by atoms with Gasteiger partial charge < -0.3 is 4.90 Å². The van der Waals surface area contributed by atoms with Crippen molar-refractivity contribution >= 4 is 33.2 Å². The molecule has 1 saturated heterocycles. The van der Waals surface area contributed by atoms with E-state index in [1.807, 2.05) is 17.2 Å². The molecular formula is C11H15BrN2OS. The Balaban J connectivity index is 2.06. The summed E-state index contributed by atoms with van der Waals surface area (Å²) in [7, 11) is 0. The first-order valence-corrected chi connectivity index (χ1v) is 7.23. The maximum Gasteiger partial charge on any atom is 0.273 e. The molecular weight excluding hydrogens is 288 g/mol. The number of alkyl halides is 1. The number of carbonyl (C=O) groups excluding carboxylic acids is 1. The van der Waals surface area contributed by atoms with Crippen molar-refractivity contribution in [1.82, 2.24) is 9.88 Å². The topological polar surface area (TPSA) is 33.2 Å². The zero-order valence-corrected chi connectivity index (χ0v) is 11.8. The van der Waals surface area contributed by atoms with Gasteiger partial charge in [0.15, 0.2) is 0 Å². The van der Waals surface area contributed by atoms with Crippen LogP contribution in [0.1, 0.15) is 28.8 Å². The van der Waals surface area contributed by atoms with Gasteiger partial charge in [0.25, 0.3) is 5.91 Å². The predicted octanol–water partition coefficient (Wildman–Crippen LogP) is 2.70. The van der Waals surface area contributed by atoms with E-state index in [1.165, 1.54) is 11.3 Å². The van der Waals surface area contributed by atoms with E-state index >= 15 is 0 Å². The van der Waals surface area contributed by atoms with Crippen LogP contribution >= 0.6 is 27.3 Å². The van der Waals surface area contributed by atoms with Crippen molar-refractivity contribution in [2.75, 3.05) is 13.1 Å². The summed E-state index contributed by atoms with van der Waals surface area (Å²) < 4.78 is 0. The standard InChI is InChI=1S/C11H15BrN2OS/c1-7-5-14(4-3-9(7)12)11(15)10-6-16-8(2)13-10/h6-7,9H,3-5H2,1-2H3. The fraction of sp³-hybridized carbons (Fsp3) is 0.636. The molecule has 1 amide bonds. The number of amides is 1. The highest BCUT2D eigenvalue weighted by atomic mass is 79.9. The van der Waals surface area contributed by atoms with Crippen molar-refractivity contribution in [2.24, 2.45) is 5.92 Å². The highest BCUT2D eigenvalue weighted by molar-refractivity contribution is 9.09. The van der Waals surface area contributed by atoms with Gasteiger partial charge in [0.2, 0.25) is 0 Å². The smallest absolute Gasteiger partial charge is 0.273 e. The molecule has 0 radical (unpaired) electrons. The van der Waals surface area contributed by atoms with Gasteiger partial charge in [0, 0.05) is 23.3 Å². The van der Waals surface area contributed by atoms with Crippen LogP contribution < -0.4 is 0 Å². The van der Waals surface area contributed by atoms with Crippen LogP contribution in [0.3, 0.4) is 0 Å². The Kier molecular flexibility index (Phi) is 3.64. The van der Waals surface area contributed by atoms with Gasteiger partial charge in [-0.3, -0.25) is 4.79 Å². The minimum Gasteiger partial charge on any atom is -0.337 e. The molecule has 0 spiro atoms. The Morgan fingerprint density at radius 3 is 3.00 bits per heavy atom. The molecule has 1 aliphatic rings. The maximum atomic E-state index is 12.1. The molecule has 1 aromatic rings. The van der Waals surface area contributed by atoms with Crippen molar-refractivity contribution < 1.29 is 4.79 Å². The van der Waals surface area contributed by atoms with Crippen molar-refractivity contribution in [1.29, 1.82) is 0 Å². The van der Waals surface area contributed by atoms with E-state index in [-0.39, 0.29) is 5.91 Å². The average Bonchev–Trinajstić information content (AvgIpc) is 2.68. The molecule has 0 bridgehead atoms. The van der Waals surface area contributed by atoms with Crippen molar-refractivity contribution in [3.05, 3.63) is 16.1 Å². The van der Waals surface area contributed by atoms with Crippen LogP contribution in [-0.2, 0) is 0 Å². The third-order valence-corrected chi connectivity index (χ3v) is 5.06. The number of hydrogen-bond acceptors (Lipinski definition) is 3. The Hall–Kier alpha value is -0.420. The fourth-order valence-corrected chi connectivity index (χ4v) is 2.88. The number of piperidine rings is 1. The summed E-state index contributed by atoms with van der Waals surface area (Å²) in [6.07, 6.45) is 1.02. The number of carbonyl (C=O) groups is 1. The Morgan fingerprint density at radius 2 is 2.44 bits per heavy atom. The summed E-state index contributed by atoms with van der Waals surface area (Å²) in [6, 6.07) is 0. The summed E-state index contributed by atoms with van der Waals surface area (Å²) in [5.74, 6) is 0.591. The van der Waals surface area contributed by atoms with Crippen LogP contribution in [-0.4, -0.2) is 33.7 Å². The molecule has 2 heterocycles. The lowest BCUT2D eigenvalue weighted by Gasteiger charge is -2.33. The van der Waals surface area contributed by atoms with Gasteiger partial charge in [0.1, 0.15) is 5.69 Å². The number of likely N-dealkylation sites (tertiary alicyclic amines) is 1. The second-order valence-electron chi connectivity index (χ2n) is 4.28. The summed E-state index contributed by atoms with van der Waals surface area (Å²) in [4.78, 5) is 18.8. The van der Waals surface area contributed by atoms with E-state index < -0.39 is 0 Å². The van der Waals surface area contributed by atoms with Gasteiger partial charge in [0.05, 0.1) is 5.01 Å². The van der Waals surface area contributed by atoms with Crippen LogP contribution in [0.25, 0.3) is 0 Å². The van der Waals surface area contributed by atoms with Crippen molar-refractivity contribution in [2.45, 2.75) is 25.1 Å². The maximum absolute atomic E-state index is 12.1. The second kappa shape index (κ2) is 4.84.